The summed E-state index contributed by atoms with van der Waals surface area (Å²) in [6.45, 7) is 3.86. The summed E-state index contributed by atoms with van der Waals surface area (Å²) in [5, 5.41) is 3.34. The molecular formula is C12H23NO. The van der Waals surface area contributed by atoms with Crippen LogP contribution in [0.3, 0.4) is 0 Å². The molecule has 0 radical (unpaired) electrons. The fraction of sp³-hybridized carbons (Fsp3) is 0.833. The third-order valence-corrected chi connectivity index (χ3v) is 2.76. The molecule has 82 valence electrons. The van der Waals surface area contributed by atoms with E-state index in [1.165, 1.54) is 25.7 Å². The first-order chi connectivity index (χ1) is 6.88. The summed E-state index contributed by atoms with van der Waals surface area (Å²) < 4.78 is 5.59. The molecule has 2 heteroatoms. The smallest absolute Gasteiger partial charge is 0.0658 e. The van der Waals surface area contributed by atoms with Gasteiger partial charge in [-0.2, -0.15) is 0 Å². The van der Waals surface area contributed by atoms with Crippen LogP contribution in [-0.4, -0.2) is 26.3 Å². The Morgan fingerprint density at radius 2 is 2.36 bits per heavy atom. The minimum absolute atomic E-state index is 0.446. The second kappa shape index (κ2) is 7.02. The molecule has 1 atom stereocenters. The third-order valence-electron chi connectivity index (χ3n) is 2.76. The fourth-order valence-electron chi connectivity index (χ4n) is 1.90. The summed E-state index contributed by atoms with van der Waals surface area (Å²) in [6.07, 6.45) is 8.70. The Morgan fingerprint density at radius 1 is 1.50 bits per heavy atom. The number of likely N-dealkylation sites (N-methyl/N-ethyl adjacent to an activating group) is 1. The zero-order chi connectivity index (χ0) is 10.2. The highest BCUT2D eigenvalue weighted by molar-refractivity contribution is 5.13. The predicted molar refractivity (Wildman–Crippen MR) is 60.5 cm³/mol. The van der Waals surface area contributed by atoms with Crippen LogP contribution in [0.4, 0.5) is 0 Å². The van der Waals surface area contributed by atoms with Crippen molar-refractivity contribution in [2.45, 2.75) is 45.1 Å². The molecule has 0 aromatic heterocycles. The lowest BCUT2D eigenvalue weighted by Crippen LogP contribution is -2.33. The maximum Gasteiger partial charge on any atom is 0.0658 e. The fourth-order valence-corrected chi connectivity index (χ4v) is 1.90. The summed E-state index contributed by atoms with van der Waals surface area (Å²) in [5.41, 5.74) is 1.55. The van der Waals surface area contributed by atoms with Crippen LogP contribution in [0.25, 0.3) is 0 Å². The summed E-state index contributed by atoms with van der Waals surface area (Å²) in [5.74, 6) is 0. The number of nitrogens with one attached hydrogen (secondary N) is 1. The Balaban J connectivity index is 2.32. The first-order valence-electron chi connectivity index (χ1n) is 5.82. The van der Waals surface area contributed by atoms with Crippen molar-refractivity contribution in [2.75, 3.05) is 20.3 Å². The van der Waals surface area contributed by atoms with Crippen molar-refractivity contribution < 1.29 is 4.74 Å². The Hall–Kier alpha value is -0.340. The van der Waals surface area contributed by atoms with Gasteiger partial charge in [0.15, 0.2) is 0 Å². The van der Waals surface area contributed by atoms with Crippen molar-refractivity contribution in [3.8, 4) is 0 Å². The highest BCUT2D eigenvalue weighted by Crippen LogP contribution is 2.20. The molecule has 2 nitrogen and oxygen atoms in total. The largest absolute Gasteiger partial charge is 0.379 e. The highest BCUT2D eigenvalue weighted by Gasteiger charge is 2.13. The van der Waals surface area contributed by atoms with E-state index in [9.17, 15) is 0 Å². The van der Waals surface area contributed by atoms with E-state index in [4.69, 9.17) is 4.74 Å². The van der Waals surface area contributed by atoms with Crippen molar-refractivity contribution in [3.63, 3.8) is 0 Å². The number of allylic oxidation sites excluding steroid dienone is 1. The summed E-state index contributed by atoms with van der Waals surface area (Å²) in [6, 6.07) is 0.446. The van der Waals surface area contributed by atoms with E-state index in [0.29, 0.717) is 6.04 Å². The van der Waals surface area contributed by atoms with Gasteiger partial charge >= 0.3 is 0 Å². The van der Waals surface area contributed by atoms with Crippen LogP contribution < -0.4 is 5.32 Å². The number of rotatable bonds is 6. The van der Waals surface area contributed by atoms with Gasteiger partial charge in [0.1, 0.15) is 0 Å². The second-order valence-electron chi connectivity index (χ2n) is 3.94. The van der Waals surface area contributed by atoms with E-state index in [1.54, 1.807) is 5.57 Å². The number of hydrogen-bond donors (Lipinski definition) is 1. The molecule has 0 saturated carbocycles. The van der Waals surface area contributed by atoms with Crippen molar-refractivity contribution in [1.82, 2.24) is 5.32 Å². The van der Waals surface area contributed by atoms with Gasteiger partial charge in [0, 0.05) is 6.61 Å². The van der Waals surface area contributed by atoms with Gasteiger partial charge in [-0.05, 0) is 39.2 Å². The topological polar surface area (TPSA) is 21.3 Å². The lowest BCUT2D eigenvalue weighted by atomic mass is 9.94. The molecule has 0 fully saturated rings. The van der Waals surface area contributed by atoms with Gasteiger partial charge in [-0.15, -0.1) is 0 Å². The molecule has 0 heterocycles. The molecule has 0 amide bonds. The Bertz CT molecular complexity index is 177. The van der Waals surface area contributed by atoms with E-state index in [0.717, 1.165) is 19.6 Å². The molecule has 1 aliphatic carbocycles. The molecule has 0 spiro atoms. The van der Waals surface area contributed by atoms with Gasteiger partial charge in [0.2, 0.25) is 0 Å². The van der Waals surface area contributed by atoms with E-state index in [2.05, 4.69) is 18.3 Å². The van der Waals surface area contributed by atoms with Gasteiger partial charge in [-0.1, -0.05) is 18.6 Å². The van der Waals surface area contributed by atoms with Crippen LogP contribution >= 0.6 is 0 Å². The van der Waals surface area contributed by atoms with Crippen LogP contribution in [0, 0.1) is 0 Å². The van der Waals surface area contributed by atoms with Crippen LogP contribution in [0.5, 0.6) is 0 Å². The van der Waals surface area contributed by atoms with E-state index >= 15 is 0 Å². The standard InChI is InChI=1S/C12H23NO/c1-3-9-14-10-12(13-2)11-7-5-4-6-8-11/h7,12-13H,3-6,8-10H2,1-2H3. The molecule has 0 saturated heterocycles. The van der Waals surface area contributed by atoms with Crippen molar-refractivity contribution >= 4 is 0 Å². The second-order valence-corrected chi connectivity index (χ2v) is 3.94. The van der Waals surface area contributed by atoms with Gasteiger partial charge in [0.25, 0.3) is 0 Å². The molecule has 1 N–H and O–H groups in total. The predicted octanol–water partition coefficient (Wildman–Crippen LogP) is 2.50. The van der Waals surface area contributed by atoms with Gasteiger partial charge < -0.3 is 10.1 Å². The lowest BCUT2D eigenvalue weighted by Gasteiger charge is -2.22. The molecule has 1 rings (SSSR count). The van der Waals surface area contributed by atoms with Crippen LogP contribution in [0.15, 0.2) is 11.6 Å². The maximum atomic E-state index is 5.59. The van der Waals surface area contributed by atoms with Gasteiger partial charge in [-0.3, -0.25) is 0 Å². The number of ether oxygens (including phenoxy) is 1. The molecule has 1 aliphatic rings. The quantitative estimate of drug-likeness (QED) is 0.522. The monoisotopic (exact) mass is 197 g/mol. The van der Waals surface area contributed by atoms with E-state index in [-0.39, 0.29) is 0 Å². The average molecular weight is 197 g/mol. The normalized spacial score (nSPS) is 19.1. The van der Waals surface area contributed by atoms with Gasteiger partial charge in [0.05, 0.1) is 12.6 Å². The Morgan fingerprint density at radius 3 is 2.93 bits per heavy atom. The Kier molecular flexibility index (Phi) is 5.88. The minimum Gasteiger partial charge on any atom is -0.379 e. The average Bonchev–Trinajstić information content (AvgIpc) is 2.26. The highest BCUT2D eigenvalue weighted by atomic mass is 16.5. The molecule has 0 aromatic carbocycles. The van der Waals surface area contributed by atoms with E-state index in [1.807, 2.05) is 7.05 Å². The Labute approximate surface area is 87.7 Å². The minimum atomic E-state index is 0.446. The zero-order valence-corrected chi connectivity index (χ0v) is 9.51. The molecule has 0 bridgehead atoms. The summed E-state index contributed by atoms with van der Waals surface area (Å²) in [7, 11) is 2.02. The molecule has 14 heavy (non-hydrogen) atoms. The van der Waals surface area contributed by atoms with Gasteiger partial charge in [-0.25, -0.2) is 0 Å². The zero-order valence-electron chi connectivity index (χ0n) is 9.51. The summed E-state index contributed by atoms with van der Waals surface area (Å²) in [4.78, 5) is 0. The van der Waals surface area contributed by atoms with Crippen molar-refractivity contribution in [2.24, 2.45) is 0 Å². The molecular weight excluding hydrogens is 174 g/mol. The van der Waals surface area contributed by atoms with Crippen LogP contribution in [0.1, 0.15) is 39.0 Å². The number of hydrogen-bond acceptors (Lipinski definition) is 2. The lowest BCUT2D eigenvalue weighted by molar-refractivity contribution is 0.120. The van der Waals surface area contributed by atoms with Crippen molar-refractivity contribution in [1.29, 1.82) is 0 Å². The van der Waals surface area contributed by atoms with Crippen molar-refractivity contribution in [3.05, 3.63) is 11.6 Å². The molecule has 0 aliphatic heterocycles. The van der Waals surface area contributed by atoms with Crippen LogP contribution in [-0.2, 0) is 4.74 Å². The van der Waals surface area contributed by atoms with E-state index < -0.39 is 0 Å². The van der Waals surface area contributed by atoms with Crippen LogP contribution in [0.2, 0.25) is 0 Å². The maximum absolute atomic E-state index is 5.59. The summed E-state index contributed by atoms with van der Waals surface area (Å²) >= 11 is 0. The third kappa shape index (κ3) is 3.81. The first kappa shape index (κ1) is 11.7. The first-order valence-corrected chi connectivity index (χ1v) is 5.82. The molecule has 1 unspecified atom stereocenters. The SMILES string of the molecule is CCCOCC(NC)C1=CCCCC1. The molecule has 0 aromatic rings.